The first-order valence-corrected chi connectivity index (χ1v) is 8.58. The number of anilines is 1. The van der Waals surface area contributed by atoms with Crippen LogP contribution < -0.4 is 4.90 Å². The molecule has 0 N–H and O–H groups in total. The van der Waals surface area contributed by atoms with E-state index in [-0.39, 0.29) is 5.56 Å². The zero-order valence-electron chi connectivity index (χ0n) is 14.2. The van der Waals surface area contributed by atoms with Gasteiger partial charge in [-0.05, 0) is 50.7 Å². The van der Waals surface area contributed by atoms with Crippen LogP contribution in [0.3, 0.4) is 0 Å². The largest absolute Gasteiger partial charge is 0.393 e. The van der Waals surface area contributed by atoms with Gasteiger partial charge in [0.2, 0.25) is 0 Å². The predicted octanol–water partition coefficient (Wildman–Crippen LogP) is 3.27. The number of rotatable bonds is 2. The summed E-state index contributed by atoms with van der Waals surface area (Å²) in [6, 6.07) is 4.76. The molecule has 3 heterocycles. The highest BCUT2D eigenvalue weighted by Gasteiger charge is 2.45. The molecule has 0 aliphatic carbocycles. The molecule has 0 unspecified atom stereocenters. The fourth-order valence-corrected chi connectivity index (χ4v) is 4.01. The SMILES string of the molecule is CN1CCC2(CC1)CN(c1ncnc3ccc(CC(F)(F)F)cc13)C2. The topological polar surface area (TPSA) is 32.3 Å². The molecule has 1 aromatic heterocycles. The van der Waals surface area contributed by atoms with Gasteiger partial charge in [0.1, 0.15) is 12.1 Å². The Bertz CT molecular complexity index is 773. The normalized spacial score (nSPS) is 20.9. The molecule has 2 fully saturated rings. The van der Waals surface area contributed by atoms with Gasteiger partial charge in [0, 0.05) is 23.9 Å². The van der Waals surface area contributed by atoms with Gasteiger partial charge in [0.05, 0.1) is 11.9 Å². The molecule has 2 aliphatic heterocycles. The van der Waals surface area contributed by atoms with E-state index >= 15 is 0 Å². The van der Waals surface area contributed by atoms with Crippen molar-refractivity contribution >= 4 is 16.7 Å². The molecule has 2 saturated heterocycles. The third kappa shape index (κ3) is 3.29. The fourth-order valence-electron chi connectivity index (χ4n) is 4.01. The fraction of sp³-hybridized carbons (Fsp3) is 0.556. The second kappa shape index (κ2) is 5.83. The lowest BCUT2D eigenvalue weighted by Gasteiger charge is -2.54. The van der Waals surface area contributed by atoms with Crippen molar-refractivity contribution in [2.75, 3.05) is 38.1 Å². The Morgan fingerprint density at radius 2 is 1.84 bits per heavy atom. The van der Waals surface area contributed by atoms with Crippen molar-refractivity contribution in [1.82, 2.24) is 14.9 Å². The quantitative estimate of drug-likeness (QED) is 0.832. The lowest BCUT2D eigenvalue weighted by molar-refractivity contribution is -0.127. The molecule has 25 heavy (non-hydrogen) atoms. The number of benzene rings is 1. The highest BCUT2D eigenvalue weighted by molar-refractivity contribution is 5.90. The lowest BCUT2D eigenvalue weighted by atomic mass is 9.72. The van der Waals surface area contributed by atoms with Gasteiger partial charge in [-0.2, -0.15) is 13.2 Å². The van der Waals surface area contributed by atoms with Crippen LogP contribution in [0.25, 0.3) is 10.9 Å². The van der Waals surface area contributed by atoms with Crippen LogP contribution in [0.4, 0.5) is 19.0 Å². The van der Waals surface area contributed by atoms with Gasteiger partial charge in [-0.1, -0.05) is 6.07 Å². The molecular formula is C18H21F3N4. The molecule has 0 atom stereocenters. The minimum Gasteiger partial charge on any atom is -0.355 e. The van der Waals surface area contributed by atoms with Gasteiger partial charge < -0.3 is 9.80 Å². The number of alkyl halides is 3. The maximum absolute atomic E-state index is 12.7. The molecule has 4 rings (SSSR count). The molecular weight excluding hydrogens is 329 g/mol. The summed E-state index contributed by atoms with van der Waals surface area (Å²) < 4.78 is 38.1. The summed E-state index contributed by atoms with van der Waals surface area (Å²) in [5.74, 6) is 0.763. The van der Waals surface area contributed by atoms with E-state index in [1.165, 1.54) is 25.2 Å². The monoisotopic (exact) mass is 350 g/mol. The van der Waals surface area contributed by atoms with E-state index < -0.39 is 12.6 Å². The Morgan fingerprint density at radius 3 is 2.52 bits per heavy atom. The second-order valence-corrected chi connectivity index (χ2v) is 7.50. The van der Waals surface area contributed by atoms with E-state index in [2.05, 4.69) is 26.8 Å². The highest BCUT2D eigenvalue weighted by Crippen LogP contribution is 2.43. The van der Waals surface area contributed by atoms with Gasteiger partial charge in [0.15, 0.2) is 0 Å². The van der Waals surface area contributed by atoms with Gasteiger partial charge >= 0.3 is 6.18 Å². The van der Waals surface area contributed by atoms with Crippen LogP contribution in [0, 0.1) is 5.41 Å². The van der Waals surface area contributed by atoms with Gasteiger partial charge in [-0.25, -0.2) is 9.97 Å². The van der Waals surface area contributed by atoms with Crippen molar-refractivity contribution in [1.29, 1.82) is 0 Å². The summed E-state index contributed by atoms with van der Waals surface area (Å²) >= 11 is 0. The maximum Gasteiger partial charge on any atom is 0.393 e. The molecule has 4 nitrogen and oxygen atoms in total. The Labute approximate surface area is 144 Å². The van der Waals surface area contributed by atoms with Crippen molar-refractivity contribution in [3.63, 3.8) is 0 Å². The molecule has 1 spiro atoms. The van der Waals surface area contributed by atoms with Crippen molar-refractivity contribution in [3.05, 3.63) is 30.1 Å². The molecule has 0 saturated carbocycles. The Kier molecular flexibility index (Phi) is 3.86. The van der Waals surface area contributed by atoms with E-state index in [0.717, 1.165) is 32.0 Å². The number of nitrogens with zero attached hydrogens (tertiary/aromatic N) is 4. The van der Waals surface area contributed by atoms with E-state index in [0.29, 0.717) is 16.3 Å². The summed E-state index contributed by atoms with van der Waals surface area (Å²) in [5.41, 5.74) is 1.29. The maximum atomic E-state index is 12.7. The molecule has 0 bridgehead atoms. The zero-order chi connectivity index (χ0) is 17.7. The van der Waals surface area contributed by atoms with Crippen LogP contribution in [0.1, 0.15) is 18.4 Å². The summed E-state index contributed by atoms with van der Waals surface area (Å²) in [7, 11) is 2.14. The molecule has 0 radical (unpaired) electrons. The second-order valence-electron chi connectivity index (χ2n) is 7.50. The first-order chi connectivity index (χ1) is 11.8. The molecule has 2 aromatic rings. The number of likely N-dealkylation sites (tertiary alicyclic amines) is 1. The number of piperidine rings is 1. The third-order valence-corrected chi connectivity index (χ3v) is 5.48. The molecule has 1 aromatic carbocycles. The highest BCUT2D eigenvalue weighted by atomic mass is 19.4. The Hall–Kier alpha value is -1.89. The van der Waals surface area contributed by atoms with Crippen LogP contribution in [0.5, 0.6) is 0 Å². The van der Waals surface area contributed by atoms with Crippen molar-refractivity contribution in [3.8, 4) is 0 Å². The van der Waals surface area contributed by atoms with Crippen LogP contribution in [-0.4, -0.2) is 54.3 Å². The molecule has 7 heteroatoms. The first kappa shape index (κ1) is 16.6. The number of fused-ring (bicyclic) bond motifs is 1. The molecule has 134 valence electrons. The standard InChI is InChI=1S/C18H21F3N4/c1-24-6-4-17(5-7-24)10-25(11-17)16-14-8-13(9-18(19,20)21)2-3-15(14)22-12-23-16/h2-3,8,12H,4-7,9-11H2,1H3. The summed E-state index contributed by atoms with van der Waals surface area (Å²) in [5, 5.41) is 0.715. The van der Waals surface area contributed by atoms with Crippen molar-refractivity contribution in [2.24, 2.45) is 5.41 Å². The van der Waals surface area contributed by atoms with Gasteiger partial charge in [0.25, 0.3) is 0 Å². The van der Waals surface area contributed by atoms with E-state index in [9.17, 15) is 13.2 Å². The van der Waals surface area contributed by atoms with Crippen LogP contribution in [0.2, 0.25) is 0 Å². The van der Waals surface area contributed by atoms with E-state index in [1.807, 2.05) is 0 Å². The zero-order valence-corrected chi connectivity index (χ0v) is 14.2. The van der Waals surface area contributed by atoms with Crippen molar-refractivity contribution < 1.29 is 13.2 Å². The number of hydrogen-bond acceptors (Lipinski definition) is 4. The Morgan fingerprint density at radius 1 is 1.12 bits per heavy atom. The van der Waals surface area contributed by atoms with Crippen LogP contribution in [0.15, 0.2) is 24.5 Å². The number of aromatic nitrogens is 2. The number of halogens is 3. The summed E-state index contributed by atoms with van der Waals surface area (Å²) in [6.07, 6.45) is -1.29. The molecule has 2 aliphatic rings. The average molecular weight is 350 g/mol. The van der Waals surface area contributed by atoms with Crippen molar-refractivity contribution in [2.45, 2.75) is 25.4 Å². The first-order valence-electron chi connectivity index (χ1n) is 8.58. The van der Waals surface area contributed by atoms with Crippen LogP contribution in [-0.2, 0) is 6.42 Å². The minimum atomic E-state index is -4.21. The van der Waals surface area contributed by atoms with Gasteiger partial charge in [-0.15, -0.1) is 0 Å². The average Bonchev–Trinajstić information content (AvgIpc) is 2.52. The molecule has 0 amide bonds. The van der Waals surface area contributed by atoms with Gasteiger partial charge in [-0.3, -0.25) is 0 Å². The lowest BCUT2D eigenvalue weighted by Crippen LogP contribution is -2.60. The van der Waals surface area contributed by atoms with Crippen LogP contribution >= 0.6 is 0 Å². The minimum absolute atomic E-state index is 0.255. The van der Waals surface area contributed by atoms with E-state index in [4.69, 9.17) is 0 Å². The third-order valence-electron chi connectivity index (χ3n) is 5.48. The summed E-state index contributed by atoms with van der Waals surface area (Å²) in [4.78, 5) is 13.1. The smallest absolute Gasteiger partial charge is 0.355 e. The summed E-state index contributed by atoms with van der Waals surface area (Å²) in [6.45, 7) is 4.06. The number of hydrogen-bond donors (Lipinski definition) is 0. The van der Waals surface area contributed by atoms with E-state index in [1.54, 1.807) is 12.1 Å². The Balaban J connectivity index is 1.59. The predicted molar refractivity (Wildman–Crippen MR) is 90.7 cm³/mol.